The van der Waals surface area contributed by atoms with Crippen LogP contribution >= 0.6 is 11.6 Å². The highest BCUT2D eigenvalue weighted by Gasteiger charge is 2.53. The van der Waals surface area contributed by atoms with Crippen molar-refractivity contribution < 1.29 is 4.74 Å². The molecule has 2 nitrogen and oxygen atoms in total. The fourth-order valence-electron chi connectivity index (χ4n) is 8.05. The molecule has 0 radical (unpaired) electrons. The van der Waals surface area contributed by atoms with Gasteiger partial charge in [0, 0.05) is 29.7 Å². The summed E-state index contributed by atoms with van der Waals surface area (Å²) in [6, 6.07) is 7.19. The van der Waals surface area contributed by atoms with Crippen LogP contribution in [-0.2, 0) is 10.3 Å². The Balaban J connectivity index is 1.24. The van der Waals surface area contributed by atoms with Gasteiger partial charge < -0.3 is 4.74 Å². The summed E-state index contributed by atoms with van der Waals surface area (Å²) in [5, 5.41) is 0.895. The Morgan fingerprint density at radius 2 is 1.75 bits per heavy atom. The molecule has 1 unspecified atom stereocenters. The quantitative estimate of drug-likeness (QED) is 0.571. The van der Waals surface area contributed by atoms with E-state index in [9.17, 15) is 0 Å². The molecule has 1 aromatic carbocycles. The van der Waals surface area contributed by atoms with Gasteiger partial charge in [-0.05, 0) is 86.7 Å². The minimum absolute atomic E-state index is 0.124. The Kier molecular flexibility index (Phi) is 4.23. The first-order chi connectivity index (χ1) is 13.7. The first-order valence-corrected chi connectivity index (χ1v) is 11.9. The lowest BCUT2D eigenvalue weighted by atomic mass is 9.53. The second-order valence-electron chi connectivity index (χ2n) is 10.3. The Labute approximate surface area is 174 Å². The number of nitrogens with zero attached hydrogens (tertiary/aromatic N) is 1. The molecule has 1 atom stereocenters. The lowest BCUT2D eigenvalue weighted by Gasteiger charge is -2.58. The molecule has 150 valence electrons. The van der Waals surface area contributed by atoms with Crippen molar-refractivity contribution in [2.24, 2.45) is 23.7 Å². The fraction of sp³-hybridized carbons (Fsp3) is 0.680. The van der Waals surface area contributed by atoms with Crippen molar-refractivity contribution in [3.8, 4) is 0 Å². The van der Waals surface area contributed by atoms with Crippen LogP contribution in [0.4, 0.5) is 0 Å². The van der Waals surface area contributed by atoms with E-state index >= 15 is 0 Å². The van der Waals surface area contributed by atoms with Crippen LogP contribution in [0.2, 0.25) is 5.02 Å². The third-order valence-corrected chi connectivity index (χ3v) is 9.12. The summed E-state index contributed by atoms with van der Waals surface area (Å²) in [4.78, 5) is 2.86. The lowest BCUT2D eigenvalue weighted by Crippen LogP contribution is -2.58. The minimum atomic E-state index is -0.177. The zero-order valence-corrected chi connectivity index (χ0v) is 17.5. The third-order valence-electron chi connectivity index (χ3n) is 8.80. The highest BCUT2D eigenvalue weighted by molar-refractivity contribution is 6.31. The second-order valence-corrected chi connectivity index (χ2v) is 10.7. The van der Waals surface area contributed by atoms with Crippen molar-refractivity contribution in [3.05, 3.63) is 47.0 Å². The minimum Gasteiger partial charge on any atom is -0.362 e. The Morgan fingerprint density at radius 1 is 1.07 bits per heavy atom. The van der Waals surface area contributed by atoms with E-state index in [1.165, 1.54) is 56.3 Å². The van der Waals surface area contributed by atoms with Crippen LogP contribution in [-0.4, -0.2) is 24.0 Å². The van der Waals surface area contributed by atoms with Crippen molar-refractivity contribution in [1.29, 1.82) is 0 Å². The number of rotatable bonds is 3. The molecule has 2 heterocycles. The van der Waals surface area contributed by atoms with Gasteiger partial charge in [-0.25, -0.2) is 0 Å². The molecule has 5 fully saturated rings. The summed E-state index contributed by atoms with van der Waals surface area (Å²) in [6.45, 7) is 6.28. The summed E-state index contributed by atoms with van der Waals surface area (Å²) in [5.41, 5.74) is 2.41. The van der Waals surface area contributed by atoms with E-state index in [4.69, 9.17) is 16.3 Å². The van der Waals surface area contributed by atoms with Crippen LogP contribution in [0.5, 0.6) is 0 Å². The number of benzene rings is 1. The first-order valence-electron chi connectivity index (χ1n) is 11.5. The summed E-state index contributed by atoms with van der Waals surface area (Å²) in [5.74, 6) is 4.05. The average Bonchev–Trinajstić information content (AvgIpc) is 2.97. The Bertz CT molecular complexity index is 753. The van der Waals surface area contributed by atoms with E-state index in [-0.39, 0.29) is 11.7 Å². The van der Waals surface area contributed by atoms with Crippen molar-refractivity contribution >= 4 is 11.6 Å². The fourth-order valence-corrected chi connectivity index (χ4v) is 8.41. The summed E-state index contributed by atoms with van der Waals surface area (Å²) < 4.78 is 6.75. The Hall–Kier alpha value is -0.830. The van der Waals surface area contributed by atoms with Crippen molar-refractivity contribution in [3.63, 3.8) is 0 Å². The average molecular weight is 398 g/mol. The van der Waals surface area contributed by atoms with E-state index in [1.807, 2.05) is 12.1 Å². The third kappa shape index (κ3) is 2.60. The number of likely N-dealkylation sites (tertiary alicyclic amines) is 1. The summed E-state index contributed by atoms with van der Waals surface area (Å²) in [7, 11) is 0. The molecular weight excluding hydrogens is 366 g/mol. The standard InChI is InChI=1S/C25H32ClNO/c1-2-4-22-20-5-3-6-21(26)23(20)25(28-22)7-9-27(10-8-25)24-18-12-16-11-17(14-18)15-19(24)13-16/h2-3,5-6,16-19,22,24H,1,4,7-15H2. The Morgan fingerprint density at radius 3 is 2.39 bits per heavy atom. The van der Waals surface area contributed by atoms with Gasteiger partial charge in [0.25, 0.3) is 0 Å². The summed E-state index contributed by atoms with van der Waals surface area (Å²) >= 11 is 6.72. The highest BCUT2D eigenvalue weighted by Crippen LogP contribution is 2.57. The van der Waals surface area contributed by atoms with Gasteiger partial charge in [-0.15, -0.1) is 6.58 Å². The monoisotopic (exact) mass is 397 g/mol. The molecule has 3 heteroatoms. The molecule has 4 bridgehead atoms. The topological polar surface area (TPSA) is 12.5 Å². The number of piperidine rings is 1. The largest absolute Gasteiger partial charge is 0.362 e. The summed E-state index contributed by atoms with van der Waals surface area (Å²) in [6.07, 6.45) is 12.7. The molecule has 4 saturated carbocycles. The maximum absolute atomic E-state index is 6.75. The van der Waals surface area contributed by atoms with Crippen LogP contribution in [0.25, 0.3) is 0 Å². The van der Waals surface area contributed by atoms with Gasteiger partial charge >= 0.3 is 0 Å². The molecule has 7 rings (SSSR count). The van der Waals surface area contributed by atoms with Crippen LogP contribution in [0.1, 0.15) is 68.6 Å². The predicted molar refractivity (Wildman–Crippen MR) is 113 cm³/mol. The number of hydrogen-bond donors (Lipinski definition) is 0. The lowest BCUT2D eigenvalue weighted by molar-refractivity contribution is -0.133. The molecule has 0 amide bonds. The van der Waals surface area contributed by atoms with Crippen molar-refractivity contribution in [1.82, 2.24) is 4.90 Å². The van der Waals surface area contributed by atoms with E-state index in [2.05, 4.69) is 23.6 Å². The highest BCUT2D eigenvalue weighted by atomic mass is 35.5. The molecule has 6 aliphatic rings. The molecule has 2 aliphatic heterocycles. The van der Waals surface area contributed by atoms with Gasteiger partial charge in [0.15, 0.2) is 0 Å². The second kappa shape index (κ2) is 6.59. The van der Waals surface area contributed by atoms with E-state index in [0.717, 1.165) is 54.0 Å². The van der Waals surface area contributed by atoms with Gasteiger partial charge in [0.1, 0.15) is 0 Å². The molecule has 0 aromatic heterocycles. The molecule has 28 heavy (non-hydrogen) atoms. The number of halogens is 1. The van der Waals surface area contributed by atoms with E-state index < -0.39 is 0 Å². The van der Waals surface area contributed by atoms with Crippen LogP contribution in [0.15, 0.2) is 30.9 Å². The molecule has 4 aliphatic carbocycles. The maximum atomic E-state index is 6.75. The molecule has 1 saturated heterocycles. The van der Waals surface area contributed by atoms with Crippen molar-refractivity contribution in [2.75, 3.05) is 13.1 Å². The van der Waals surface area contributed by atoms with Crippen molar-refractivity contribution in [2.45, 2.75) is 69.1 Å². The predicted octanol–water partition coefficient (Wildman–Crippen LogP) is 6.10. The molecular formula is C25H32ClNO. The molecule has 1 aromatic rings. The van der Waals surface area contributed by atoms with Gasteiger partial charge in [-0.1, -0.05) is 29.8 Å². The zero-order valence-electron chi connectivity index (χ0n) is 16.8. The molecule has 1 spiro atoms. The molecule has 0 N–H and O–H groups in total. The zero-order chi connectivity index (χ0) is 18.9. The smallest absolute Gasteiger partial charge is 0.0982 e. The van der Waals surface area contributed by atoms with Gasteiger partial charge in [0.05, 0.1) is 11.7 Å². The normalized spacial score (nSPS) is 40.8. The van der Waals surface area contributed by atoms with Crippen LogP contribution in [0.3, 0.4) is 0 Å². The maximum Gasteiger partial charge on any atom is 0.0982 e. The first kappa shape index (κ1) is 18.0. The van der Waals surface area contributed by atoms with Gasteiger partial charge in [0.2, 0.25) is 0 Å². The SMILES string of the molecule is C=CCC1OC2(CCN(C3C4CC5CC(C4)CC3C5)CC2)c2c(Cl)cccc21. The van der Waals surface area contributed by atoms with Crippen LogP contribution in [0, 0.1) is 23.7 Å². The number of hydrogen-bond acceptors (Lipinski definition) is 2. The van der Waals surface area contributed by atoms with E-state index in [1.54, 1.807) is 0 Å². The van der Waals surface area contributed by atoms with Crippen LogP contribution < -0.4 is 0 Å². The van der Waals surface area contributed by atoms with Gasteiger partial charge in [-0.2, -0.15) is 0 Å². The van der Waals surface area contributed by atoms with E-state index in [0.29, 0.717) is 0 Å². The number of ether oxygens (including phenoxy) is 1. The number of fused-ring (bicyclic) bond motifs is 2. The van der Waals surface area contributed by atoms with Gasteiger partial charge in [-0.3, -0.25) is 4.90 Å².